The second-order valence-electron chi connectivity index (χ2n) is 6.37. The maximum Gasteiger partial charge on any atom is 0.189 e. The number of nitrogens with zero attached hydrogens (tertiary/aromatic N) is 3. The van der Waals surface area contributed by atoms with Gasteiger partial charge in [0.1, 0.15) is 0 Å². The van der Waals surface area contributed by atoms with Crippen molar-refractivity contribution in [2.45, 2.75) is 26.2 Å². The Kier molecular flexibility index (Phi) is 3.38. The number of fused-ring (bicyclic) bond motifs is 1. The van der Waals surface area contributed by atoms with Crippen LogP contribution in [0, 0.1) is 6.57 Å². The Bertz CT molecular complexity index is 866. The van der Waals surface area contributed by atoms with Gasteiger partial charge >= 0.3 is 0 Å². The second kappa shape index (κ2) is 5.23. The summed E-state index contributed by atoms with van der Waals surface area (Å²) in [5, 5.41) is 0. The summed E-state index contributed by atoms with van der Waals surface area (Å²) in [5.74, 6) is 0. The molecule has 0 atom stereocenters. The maximum atomic E-state index is 7.10. The van der Waals surface area contributed by atoms with Crippen molar-refractivity contribution in [1.82, 2.24) is 9.97 Å². The van der Waals surface area contributed by atoms with Crippen LogP contribution in [0.4, 0.5) is 5.69 Å². The lowest BCUT2D eigenvalue weighted by molar-refractivity contribution is 0.590. The molecule has 0 saturated heterocycles. The number of benzene rings is 2. The molecule has 0 fully saturated rings. The van der Waals surface area contributed by atoms with Crippen molar-refractivity contribution in [3.8, 4) is 11.3 Å². The van der Waals surface area contributed by atoms with E-state index in [9.17, 15) is 0 Å². The Labute approximate surface area is 130 Å². The second-order valence-corrected chi connectivity index (χ2v) is 6.37. The first-order chi connectivity index (χ1) is 10.5. The van der Waals surface area contributed by atoms with E-state index in [1.807, 2.05) is 6.07 Å². The molecule has 3 nitrogen and oxygen atoms in total. The van der Waals surface area contributed by atoms with Gasteiger partial charge in [0.15, 0.2) is 5.69 Å². The highest BCUT2D eigenvalue weighted by molar-refractivity contribution is 5.80. The van der Waals surface area contributed by atoms with E-state index in [1.54, 1.807) is 18.3 Å². The summed E-state index contributed by atoms with van der Waals surface area (Å²) < 4.78 is 0. The fourth-order valence-electron chi connectivity index (χ4n) is 2.35. The van der Waals surface area contributed by atoms with Crippen LogP contribution in [0.3, 0.4) is 0 Å². The number of hydrogen-bond acceptors (Lipinski definition) is 2. The highest BCUT2D eigenvalue weighted by Crippen LogP contribution is 2.26. The van der Waals surface area contributed by atoms with E-state index in [-0.39, 0.29) is 5.41 Å². The van der Waals surface area contributed by atoms with E-state index < -0.39 is 0 Å². The van der Waals surface area contributed by atoms with Gasteiger partial charge in [-0.3, -0.25) is 4.98 Å². The summed E-state index contributed by atoms with van der Waals surface area (Å²) in [6.45, 7) is 13.7. The first-order valence-corrected chi connectivity index (χ1v) is 7.22. The molecule has 0 amide bonds. The Morgan fingerprint density at radius 2 is 1.68 bits per heavy atom. The van der Waals surface area contributed by atoms with Crippen molar-refractivity contribution in [2.75, 3.05) is 0 Å². The van der Waals surface area contributed by atoms with Gasteiger partial charge in [-0.2, -0.15) is 0 Å². The Morgan fingerprint density at radius 3 is 2.32 bits per heavy atom. The largest absolute Gasteiger partial charge is 0.252 e. The summed E-state index contributed by atoms with van der Waals surface area (Å²) in [5.41, 5.74) is 5.44. The molecule has 1 aromatic heterocycles. The Hall–Kier alpha value is -2.73. The summed E-state index contributed by atoms with van der Waals surface area (Å²) >= 11 is 0. The van der Waals surface area contributed by atoms with Crippen LogP contribution in [-0.2, 0) is 5.41 Å². The lowest BCUT2D eigenvalue weighted by Crippen LogP contribution is -2.10. The molecular weight excluding hydrogens is 270 g/mol. The van der Waals surface area contributed by atoms with Crippen molar-refractivity contribution >= 4 is 16.7 Å². The van der Waals surface area contributed by atoms with Gasteiger partial charge in [-0.1, -0.05) is 51.1 Å². The molecule has 108 valence electrons. The van der Waals surface area contributed by atoms with E-state index in [0.717, 1.165) is 22.3 Å². The molecule has 3 heteroatoms. The average Bonchev–Trinajstić information content (AvgIpc) is 2.53. The minimum Gasteiger partial charge on any atom is -0.252 e. The van der Waals surface area contributed by atoms with E-state index >= 15 is 0 Å². The monoisotopic (exact) mass is 287 g/mol. The molecule has 22 heavy (non-hydrogen) atoms. The van der Waals surface area contributed by atoms with Crippen LogP contribution in [-0.4, -0.2) is 9.97 Å². The summed E-state index contributed by atoms with van der Waals surface area (Å²) in [6.07, 6.45) is 1.78. The predicted molar refractivity (Wildman–Crippen MR) is 89.9 cm³/mol. The lowest BCUT2D eigenvalue weighted by Gasteiger charge is -2.19. The molecule has 0 radical (unpaired) electrons. The molecule has 0 saturated carbocycles. The first-order valence-electron chi connectivity index (χ1n) is 7.22. The Morgan fingerprint density at radius 1 is 0.955 bits per heavy atom. The SMILES string of the molecule is [C-]#[N+]c1ccc2ncc(-c3ccc(C(C)(C)C)cc3)nc2c1. The first kappa shape index (κ1) is 14.2. The number of hydrogen-bond donors (Lipinski definition) is 0. The van der Waals surface area contributed by atoms with Gasteiger partial charge in [-0.25, -0.2) is 9.83 Å². The fraction of sp³-hybridized carbons (Fsp3) is 0.211. The van der Waals surface area contributed by atoms with Gasteiger partial charge in [0.05, 0.1) is 29.5 Å². The highest BCUT2D eigenvalue weighted by atomic mass is 14.8. The van der Waals surface area contributed by atoms with Gasteiger partial charge < -0.3 is 0 Å². The average molecular weight is 287 g/mol. The number of aromatic nitrogens is 2. The summed E-state index contributed by atoms with van der Waals surface area (Å²) in [7, 11) is 0. The van der Waals surface area contributed by atoms with Gasteiger partial charge in [-0.15, -0.1) is 0 Å². The van der Waals surface area contributed by atoms with E-state index in [0.29, 0.717) is 5.69 Å². The fourth-order valence-corrected chi connectivity index (χ4v) is 2.35. The zero-order chi connectivity index (χ0) is 15.7. The van der Waals surface area contributed by atoms with Crippen molar-refractivity contribution in [3.05, 3.63) is 65.6 Å². The molecule has 0 aliphatic rings. The molecule has 0 spiro atoms. The standard InChI is InChI=1S/C19H17N3/c1-19(2,3)14-7-5-13(6-8-14)18-12-21-16-10-9-15(20-4)11-17(16)22-18/h5-12H,1-3H3. The molecule has 3 aromatic rings. The topological polar surface area (TPSA) is 30.1 Å². The number of rotatable bonds is 1. The third kappa shape index (κ3) is 2.68. The van der Waals surface area contributed by atoms with Crippen LogP contribution in [0.5, 0.6) is 0 Å². The third-order valence-corrected chi connectivity index (χ3v) is 3.70. The minimum atomic E-state index is 0.137. The molecule has 0 aliphatic heterocycles. The van der Waals surface area contributed by atoms with Gasteiger partial charge in [0, 0.05) is 5.56 Å². The lowest BCUT2D eigenvalue weighted by atomic mass is 9.86. The van der Waals surface area contributed by atoms with E-state index in [2.05, 4.69) is 59.8 Å². The zero-order valence-electron chi connectivity index (χ0n) is 13.0. The van der Waals surface area contributed by atoms with Crippen LogP contribution >= 0.6 is 0 Å². The highest BCUT2D eigenvalue weighted by Gasteiger charge is 2.13. The van der Waals surface area contributed by atoms with Crippen molar-refractivity contribution in [3.63, 3.8) is 0 Å². The van der Waals surface area contributed by atoms with Crippen molar-refractivity contribution in [2.24, 2.45) is 0 Å². The van der Waals surface area contributed by atoms with Crippen LogP contribution in [0.25, 0.3) is 27.1 Å². The maximum absolute atomic E-state index is 7.10. The quantitative estimate of drug-likeness (QED) is 0.580. The summed E-state index contributed by atoms with van der Waals surface area (Å²) in [6, 6.07) is 13.8. The van der Waals surface area contributed by atoms with Gasteiger partial charge in [0.25, 0.3) is 0 Å². The third-order valence-electron chi connectivity index (χ3n) is 3.70. The minimum absolute atomic E-state index is 0.137. The van der Waals surface area contributed by atoms with E-state index in [1.165, 1.54) is 5.56 Å². The Balaban J connectivity index is 2.04. The zero-order valence-corrected chi connectivity index (χ0v) is 13.0. The molecule has 3 rings (SSSR count). The van der Waals surface area contributed by atoms with Gasteiger partial charge in [-0.05, 0) is 23.1 Å². The predicted octanol–water partition coefficient (Wildman–Crippen LogP) is 5.15. The summed E-state index contributed by atoms with van der Waals surface area (Å²) in [4.78, 5) is 12.5. The van der Waals surface area contributed by atoms with E-state index in [4.69, 9.17) is 6.57 Å². The van der Waals surface area contributed by atoms with Crippen LogP contribution in [0.2, 0.25) is 0 Å². The van der Waals surface area contributed by atoms with Crippen LogP contribution < -0.4 is 0 Å². The van der Waals surface area contributed by atoms with Crippen LogP contribution in [0.15, 0.2) is 48.7 Å². The molecule has 0 bridgehead atoms. The molecule has 0 unspecified atom stereocenters. The van der Waals surface area contributed by atoms with Crippen molar-refractivity contribution < 1.29 is 0 Å². The molecule has 1 heterocycles. The molecular formula is C19H17N3. The normalized spacial score (nSPS) is 11.4. The molecule has 2 aromatic carbocycles. The van der Waals surface area contributed by atoms with Crippen LogP contribution in [0.1, 0.15) is 26.3 Å². The van der Waals surface area contributed by atoms with Crippen molar-refractivity contribution in [1.29, 1.82) is 0 Å². The van der Waals surface area contributed by atoms with Gasteiger partial charge in [0.2, 0.25) is 0 Å². The molecule has 0 aliphatic carbocycles. The smallest absolute Gasteiger partial charge is 0.189 e. The molecule has 0 N–H and O–H groups in total.